The van der Waals surface area contributed by atoms with E-state index in [1.807, 2.05) is 0 Å². The molecule has 0 heterocycles. The molecule has 0 saturated carbocycles. The van der Waals surface area contributed by atoms with E-state index in [0.29, 0.717) is 51.7 Å². The van der Waals surface area contributed by atoms with Crippen molar-refractivity contribution in [3.63, 3.8) is 0 Å². The molecule has 0 fully saturated rings. The van der Waals surface area contributed by atoms with Gasteiger partial charge in [-0.3, -0.25) is 19.2 Å². The molecule has 0 radical (unpaired) electrons. The summed E-state index contributed by atoms with van der Waals surface area (Å²) in [6.07, 6.45) is 8.24. The minimum Gasteiger partial charge on any atom is -0.298 e. The second-order valence-electron chi connectivity index (χ2n) is 4.71. The Labute approximate surface area is 141 Å². The van der Waals surface area contributed by atoms with Gasteiger partial charge in [-0.15, -0.1) is 0 Å². The largest absolute Gasteiger partial charge is 0.298 e. The summed E-state index contributed by atoms with van der Waals surface area (Å²) in [6.45, 7) is 0. The van der Waals surface area contributed by atoms with Crippen molar-refractivity contribution in [1.29, 1.82) is 0 Å². The highest BCUT2D eigenvalue weighted by Gasteiger charge is 2.19. The minimum atomic E-state index is -0.216. The highest BCUT2D eigenvalue weighted by Crippen LogP contribution is 2.17. The first-order chi connectivity index (χ1) is 11.1. The summed E-state index contributed by atoms with van der Waals surface area (Å²) in [5, 5.41) is 0.368. The van der Waals surface area contributed by atoms with Crippen molar-refractivity contribution >= 4 is 57.5 Å². The molecule has 23 heavy (non-hydrogen) atoms. The molecule has 0 N–H and O–H groups in total. The quantitative estimate of drug-likeness (QED) is 0.767. The Morgan fingerprint density at radius 3 is 2.04 bits per heavy atom. The van der Waals surface area contributed by atoms with Crippen molar-refractivity contribution in [2.45, 2.75) is 6.42 Å². The van der Waals surface area contributed by atoms with Gasteiger partial charge in [0.2, 0.25) is 10.2 Å². The molecule has 1 aromatic carbocycles. The normalized spacial score (nSPS) is 13.3. The Hall–Kier alpha value is -1.92. The van der Waals surface area contributed by atoms with Crippen LogP contribution in [0.25, 0.3) is 11.1 Å². The van der Waals surface area contributed by atoms with E-state index >= 15 is 0 Å². The Morgan fingerprint density at radius 1 is 0.957 bits per heavy atom. The number of benzene rings is 1. The third-order valence-electron chi connectivity index (χ3n) is 3.54. The van der Waals surface area contributed by atoms with Gasteiger partial charge in [-0.05, 0) is 18.9 Å². The SMILES string of the molecule is CSC(=O)C1=c2c(C=O)ccc(C=O)c2=C(C(=O)SC)CC=C1. The van der Waals surface area contributed by atoms with Gasteiger partial charge < -0.3 is 0 Å². The first kappa shape index (κ1) is 17.4. The third kappa shape index (κ3) is 3.23. The van der Waals surface area contributed by atoms with Crippen LogP contribution in [0.2, 0.25) is 0 Å². The van der Waals surface area contributed by atoms with Crippen LogP contribution in [0.15, 0.2) is 24.3 Å². The predicted molar refractivity (Wildman–Crippen MR) is 94.1 cm³/mol. The van der Waals surface area contributed by atoms with Crippen LogP contribution in [0.3, 0.4) is 0 Å². The molecule has 1 aliphatic carbocycles. The molecule has 4 nitrogen and oxygen atoms in total. The summed E-state index contributed by atoms with van der Waals surface area (Å²) in [7, 11) is 0. The van der Waals surface area contributed by atoms with E-state index in [1.54, 1.807) is 24.7 Å². The maximum absolute atomic E-state index is 12.3. The Bertz CT molecular complexity index is 850. The second kappa shape index (κ2) is 7.57. The number of thioether (sulfide) groups is 2. The monoisotopic (exact) mass is 346 g/mol. The van der Waals surface area contributed by atoms with Gasteiger partial charge in [-0.1, -0.05) is 47.8 Å². The van der Waals surface area contributed by atoms with Crippen molar-refractivity contribution < 1.29 is 19.2 Å². The molecule has 0 aromatic heterocycles. The molecule has 6 heteroatoms. The van der Waals surface area contributed by atoms with Crippen molar-refractivity contribution in [3.8, 4) is 0 Å². The van der Waals surface area contributed by atoms with Crippen LogP contribution in [0.1, 0.15) is 27.1 Å². The Morgan fingerprint density at radius 2 is 1.52 bits per heavy atom. The van der Waals surface area contributed by atoms with E-state index in [1.165, 1.54) is 12.1 Å². The number of carbonyl (C=O) groups excluding carboxylic acids is 4. The maximum Gasteiger partial charge on any atom is 0.219 e. The molecule has 0 bridgehead atoms. The third-order valence-corrected chi connectivity index (χ3v) is 4.75. The minimum absolute atomic E-state index is 0.181. The van der Waals surface area contributed by atoms with E-state index in [9.17, 15) is 19.2 Å². The molecular formula is C17H14O4S2. The van der Waals surface area contributed by atoms with Gasteiger partial charge in [-0.25, -0.2) is 0 Å². The molecule has 0 amide bonds. The second-order valence-corrected chi connectivity index (χ2v) is 6.27. The number of hydrogen-bond acceptors (Lipinski definition) is 6. The van der Waals surface area contributed by atoms with Crippen LogP contribution in [0.5, 0.6) is 0 Å². The lowest BCUT2D eigenvalue weighted by Gasteiger charge is -2.06. The topological polar surface area (TPSA) is 68.3 Å². The molecule has 0 unspecified atom stereocenters. The first-order valence-corrected chi connectivity index (χ1v) is 9.18. The van der Waals surface area contributed by atoms with Gasteiger partial charge in [0, 0.05) is 32.7 Å². The van der Waals surface area contributed by atoms with Crippen LogP contribution in [0.4, 0.5) is 0 Å². The van der Waals surface area contributed by atoms with Gasteiger partial charge in [0.25, 0.3) is 0 Å². The number of hydrogen-bond donors (Lipinski definition) is 0. The summed E-state index contributed by atoms with van der Waals surface area (Å²) in [4.78, 5) is 47.5. The van der Waals surface area contributed by atoms with E-state index in [0.717, 1.165) is 23.5 Å². The van der Waals surface area contributed by atoms with E-state index in [-0.39, 0.29) is 10.2 Å². The predicted octanol–water partition coefficient (Wildman–Crippen LogP) is 1.35. The van der Waals surface area contributed by atoms with Gasteiger partial charge in [-0.2, -0.15) is 0 Å². The van der Waals surface area contributed by atoms with Crippen LogP contribution in [0, 0.1) is 0 Å². The molecule has 1 aromatic rings. The highest BCUT2D eigenvalue weighted by molar-refractivity contribution is 8.14. The molecule has 2 rings (SSSR count). The Balaban J connectivity index is 3.17. The zero-order valence-corrected chi connectivity index (χ0v) is 14.3. The van der Waals surface area contributed by atoms with Crippen LogP contribution in [-0.4, -0.2) is 35.3 Å². The van der Waals surface area contributed by atoms with E-state index in [2.05, 4.69) is 0 Å². The standard InChI is InChI=1S/C17H14O4S2/c1-22-16(20)12-4-3-5-13(17(21)23-2)15-11(9-19)7-6-10(8-18)14(12)15/h3-4,6-9H,5H2,1-2H3. The molecular weight excluding hydrogens is 332 g/mol. The van der Waals surface area contributed by atoms with Crippen LogP contribution in [-0.2, 0) is 9.59 Å². The fourth-order valence-electron chi connectivity index (χ4n) is 2.52. The number of aldehydes is 2. The van der Waals surface area contributed by atoms with Crippen molar-refractivity contribution in [3.05, 3.63) is 45.8 Å². The van der Waals surface area contributed by atoms with Gasteiger partial charge in [0.1, 0.15) is 0 Å². The average molecular weight is 346 g/mol. The first-order valence-electron chi connectivity index (χ1n) is 6.73. The summed E-state index contributed by atoms with van der Waals surface area (Å²) in [5.41, 5.74) is 1.36. The molecule has 0 aliphatic heterocycles. The molecule has 0 atom stereocenters. The lowest BCUT2D eigenvalue weighted by Crippen LogP contribution is -2.37. The van der Waals surface area contributed by atoms with Crippen molar-refractivity contribution in [1.82, 2.24) is 0 Å². The fraction of sp³-hybridized carbons (Fsp3) is 0.176. The summed E-state index contributed by atoms with van der Waals surface area (Å²) in [5.74, 6) is 0. The highest BCUT2D eigenvalue weighted by atomic mass is 32.2. The number of rotatable bonds is 4. The Kier molecular flexibility index (Phi) is 5.74. The van der Waals surface area contributed by atoms with Gasteiger partial charge in [0.05, 0.1) is 0 Å². The zero-order valence-electron chi connectivity index (χ0n) is 12.6. The maximum atomic E-state index is 12.3. The van der Waals surface area contributed by atoms with Crippen LogP contribution >= 0.6 is 23.5 Å². The fourth-order valence-corrected chi connectivity index (χ4v) is 3.34. The average Bonchev–Trinajstić information content (AvgIpc) is 2.79. The van der Waals surface area contributed by atoms with Crippen LogP contribution < -0.4 is 10.4 Å². The molecule has 0 saturated heterocycles. The van der Waals surface area contributed by atoms with E-state index in [4.69, 9.17) is 0 Å². The number of allylic oxidation sites excluding steroid dienone is 2. The molecule has 118 valence electrons. The van der Waals surface area contributed by atoms with E-state index < -0.39 is 0 Å². The van der Waals surface area contributed by atoms with Gasteiger partial charge in [0.15, 0.2) is 12.6 Å². The summed E-state index contributed by atoms with van der Waals surface area (Å²) in [6, 6.07) is 3.01. The lowest BCUT2D eigenvalue weighted by atomic mass is 9.99. The van der Waals surface area contributed by atoms with Crippen molar-refractivity contribution in [2.24, 2.45) is 0 Å². The molecule has 1 aliphatic rings. The number of carbonyl (C=O) groups is 4. The summed E-state index contributed by atoms with van der Waals surface area (Å²) < 4.78 is 0. The summed E-state index contributed by atoms with van der Waals surface area (Å²) >= 11 is 2.06. The molecule has 0 spiro atoms. The smallest absolute Gasteiger partial charge is 0.219 e. The van der Waals surface area contributed by atoms with Crippen molar-refractivity contribution in [2.75, 3.05) is 12.5 Å². The number of fused-ring (bicyclic) bond motifs is 1. The zero-order chi connectivity index (χ0) is 17.0. The lowest BCUT2D eigenvalue weighted by molar-refractivity contribution is -0.107. The van der Waals surface area contributed by atoms with Gasteiger partial charge >= 0.3 is 0 Å².